The summed E-state index contributed by atoms with van der Waals surface area (Å²) >= 11 is 0. The summed E-state index contributed by atoms with van der Waals surface area (Å²) in [6.45, 7) is 7.87. The molecule has 26 heavy (non-hydrogen) atoms. The minimum atomic E-state index is -3.08. The van der Waals surface area contributed by atoms with Gasteiger partial charge in [-0.25, -0.2) is 8.42 Å². The Morgan fingerprint density at radius 3 is 2.42 bits per heavy atom. The van der Waals surface area contributed by atoms with Gasteiger partial charge in [-0.3, -0.25) is 9.59 Å². The fourth-order valence-corrected chi connectivity index (χ4v) is 5.03. The lowest BCUT2D eigenvalue weighted by Gasteiger charge is -2.27. The third-order valence-corrected chi connectivity index (χ3v) is 6.39. The van der Waals surface area contributed by atoms with Crippen LogP contribution in [0.5, 0.6) is 0 Å². The Hall–Kier alpha value is -1.89. The fourth-order valence-electron chi connectivity index (χ4n) is 3.30. The van der Waals surface area contributed by atoms with E-state index in [1.54, 1.807) is 0 Å². The van der Waals surface area contributed by atoms with Crippen molar-refractivity contribution in [1.82, 2.24) is 4.90 Å². The molecule has 0 saturated carbocycles. The highest BCUT2D eigenvalue weighted by Crippen LogP contribution is 2.29. The smallest absolute Gasteiger partial charge is 0.226 e. The summed E-state index contributed by atoms with van der Waals surface area (Å²) in [6.07, 6.45) is 0.574. The predicted octanol–water partition coefficient (Wildman–Crippen LogP) is 2.35. The van der Waals surface area contributed by atoms with Crippen molar-refractivity contribution in [3.05, 3.63) is 29.8 Å². The summed E-state index contributed by atoms with van der Waals surface area (Å²) in [5.74, 6) is -0.294. The maximum absolute atomic E-state index is 12.4. The standard InChI is InChI=1S/C19H28N2O4S/c1-14(22)21(15-10-12-26(24,25)13-15)11-9-18(23)20-17-8-6-5-7-16(17)19(2,3)4/h5-8,15H,9-13H2,1-4H3,(H,20,23). The Morgan fingerprint density at radius 2 is 1.88 bits per heavy atom. The Morgan fingerprint density at radius 1 is 1.23 bits per heavy atom. The molecule has 1 aliphatic rings. The Labute approximate surface area is 155 Å². The predicted molar refractivity (Wildman–Crippen MR) is 103 cm³/mol. The van der Waals surface area contributed by atoms with Gasteiger partial charge in [0.05, 0.1) is 11.5 Å². The number of nitrogens with zero attached hydrogens (tertiary/aromatic N) is 1. The highest BCUT2D eigenvalue weighted by atomic mass is 32.2. The molecule has 1 aromatic rings. The number of anilines is 1. The first-order valence-electron chi connectivity index (χ1n) is 8.86. The molecular weight excluding hydrogens is 352 g/mol. The van der Waals surface area contributed by atoms with Crippen LogP contribution >= 0.6 is 0 Å². The average molecular weight is 381 g/mol. The van der Waals surface area contributed by atoms with Gasteiger partial charge >= 0.3 is 0 Å². The summed E-state index contributed by atoms with van der Waals surface area (Å²) in [5.41, 5.74) is 1.70. The van der Waals surface area contributed by atoms with E-state index < -0.39 is 9.84 Å². The van der Waals surface area contributed by atoms with Gasteiger partial charge in [-0.2, -0.15) is 0 Å². The van der Waals surface area contributed by atoms with E-state index in [-0.39, 0.29) is 47.7 Å². The topological polar surface area (TPSA) is 83.6 Å². The number of para-hydroxylation sites is 1. The molecule has 144 valence electrons. The normalized spacial score (nSPS) is 19.2. The minimum absolute atomic E-state index is 0.0128. The van der Waals surface area contributed by atoms with E-state index in [1.165, 1.54) is 11.8 Å². The van der Waals surface area contributed by atoms with Gasteiger partial charge in [0.15, 0.2) is 9.84 Å². The second kappa shape index (κ2) is 7.78. The number of sulfone groups is 1. The number of rotatable bonds is 5. The first-order chi connectivity index (χ1) is 12.0. The maximum atomic E-state index is 12.4. The van der Waals surface area contributed by atoms with Crippen LogP contribution in [0.2, 0.25) is 0 Å². The molecule has 1 aromatic carbocycles. The zero-order valence-corrected chi connectivity index (χ0v) is 16.7. The summed E-state index contributed by atoms with van der Waals surface area (Å²) in [5, 5.41) is 2.92. The van der Waals surface area contributed by atoms with Crippen LogP contribution in [0.15, 0.2) is 24.3 Å². The van der Waals surface area contributed by atoms with E-state index in [4.69, 9.17) is 0 Å². The second-order valence-corrected chi connectivity index (χ2v) is 10.1. The number of amides is 2. The van der Waals surface area contributed by atoms with Gasteiger partial charge in [0.25, 0.3) is 0 Å². The Balaban J connectivity index is 2.01. The van der Waals surface area contributed by atoms with Gasteiger partial charge in [-0.05, 0) is 23.5 Å². The molecular formula is C19H28N2O4S. The van der Waals surface area contributed by atoms with E-state index in [0.717, 1.165) is 11.3 Å². The molecule has 1 atom stereocenters. The second-order valence-electron chi connectivity index (χ2n) is 7.86. The molecule has 1 heterocycles. The van der Waals surface area contributed by atoms with Gasteiger partial charge in [-0.15, -0.1) is 0 Å². The number of nitrogens with one attached hydrogen (secondary N) is 1. The van der Waals surface area contributed by atoms with Crippen LogP contribution in [-0.4, -0.2) is 49.2 Å². The molecule has 0 radical (unpaired) electrons. The van der Waals surface area contributed by atoms with Crippen LogP contribution in [-0.2, 0) is 24.8 Å². The van der Waals surface area contributed by atoms with Crippen molar-refractivity contribution in [2.75, 3.05) is 23.4 Å². The summed E-state index contributed by atoms with van der Waals surface area (Å²) in [6, 6.07) is 7.34. The van der Waals surface area contributed by atoms with E-state index in [1.807, 2.05) is 24.3 Å². The van der Waals surface area contributed by atoms with E-state index in [2.05, 4.69) is 26.1 Å². The van der Waals surface area contributed by atoms with E-state index in [9.17, 15) is 18.0 Å². The van der Waals surface area contributed by atoms with Crippen LogP contribution in [0.1, 0.15) is 46.1 Å². The summed E-state index contributed by atoms with van der Waals surface area (Å²) < 4.78 is 23.3. The molecule has 0 aliphatic carbocycles. The molecule has 1 fully saturated rings. The zero-order valence-electron chi connectivity index (χ0n) is 15.9. The largest absolute Gasteiger partial charge is 0.338 e. The van der Waals surface area contributed by atoms with Crippen molar-refractivity contribution in [2.24, 2.45) is 0 Å². The average Bonchev–Trinajstić information content (AvgIpc) is 2.86. The van der Waals surface area contributed by atoms with E-state index in [0.29, 0.717) is 6.42 Å². The van der Waals surface area contributed by atoms with Crippen LogP contribution < -0.4 is 5.32 Å². The van der Waals surface area contributed by atoms with Gasteiger partial charge in [0.1, 0.15) is 0 Å². The van der Waals surface area contributed by atoms with Crippen molar-refractivity contribution < 1.29 is 18.0 Å². The zero-order chi connectivity index (χ0) is 19.5. The van der Waals surface area contributed by atoms with Gasteiger partial charge in [0, 0.05) is 31.6 Å². The van der Waals surface area contributed by atoms with Gasteiger partial charge in [-0.1, -0.05) is 39.0 Å². The van der Waals surface area contributed by atoms with Crippen molar-refractivity contribution in [3.8, 4) is 0 Å². The van der Waals surface area contributed by atoms with Crippen LogP contribution in [0.3, 0.4) is 0 Å². The van der Waals surface area contributed by atoms with Crippen LogP contribution in [0.25, 0.3) is 0 Å². The molecule has 2 rings (SSSR count). The SMILES string of the molecule is CC(=O)N(CCC(=O)Nc1ccccc1C(C)(C)C)C1CCS(=O)(=O)C1. The number of hydrogen-bond acceptors (Lipinski definition) is 4. The van der Waals surface area contributed by atoms with Gasteiger partial charge < -0.3 is 10.2 Å². The van der Waals surface area contributed by atoms with Crippen molar-refractivity contribution >= 4 is 27.3 Å². The molecule has 0 bridgehead atoms. The molecule has 1 aliphatic heterocycles. The monoisotopic (exact) mass is 380 g/mol. The third-order valence-electron chi connectivity index (χ3n) is 4.64. The van der Waals surface area contributed by atoms with Crippen LogP contribution in [0.4, 0.5) is 5.69 Å². The number of carbonyl (C=O) groups is 2. The molecule has 0 aromatic heterocycles. The van der Waals surface area contributed by atoms with Crippen LogP contribution in [0, 0.1) is 0 Å². The lowest BCUT2D eigenvalue weighted by atomic mass is 9.86. The quantitative estimate of drug-likeness (QED) is 0.850. The molecule has 2 amide bonds. The lowest BCUT2D eigenvalue weighted by Crippen LogP contribution is -2.41. The van der Waals surface area contributed by atoms with E-state index >= 15 is 0 Å². The van der Waals surface area contributed by atoms with Gasteiger partial charge in [0.2, 0.25) is 11.8 Å². The first kappa shape index (κ1) is 20.4. The lowest BCUT2D eigenvalue weighted by molar-refractivity contribution is -0.131. The molecule has 1 unspecified atom stereocenters. The number of hydrogen-bond donors (Lipinski definition) is 1. The fraction of sp³-hybridized carbons (Fsp3) is 0.579. The highest BCUT2D eigenvalue weighted by Gasteiger charge is 2.33. The Bertz CT molecular complexity index is 781. The number of benzene rings is 1. The first-order valence-corrected chi connectivity index (χ1v) is 10.7. The molecule has 1 N–H and O–H groups in total. The summed E-state index contributed by atoms with van der Waals surface area (Å²) in [4.78, 5) is 25.8. The number of carbonyl (C=O) groups excluding carboxylic acids is 2. The van der Waals surface area contributed by atoms with Crippen molar-refractivity contribution in [2.45, 2.75) is 52.0 Å². The molecule has 1 saturated heterocycles. The molecule has 6 nitrogen and oxygen atoms in total. The summed E-state index contributed by atoms with van der Waals surface area (Å²) in [7, 11) is -3.08. The third kappa shape index (κ3) is 5.30. The Kier molecular flexibility index (Phi) is 6.11. The maximum Gasteiger partial charge on any atom is 0.226 e. The van der Waals surface area contributed by atoms with Crippen molar-refractivity contribution in [3.63, 3.8) is 0 Å². The highest BCUT2D eigenvalue weighted by molar-refractivity contribution is 7.91. The molecule has 7 heteroatoms. The minimum Gasteiger partial charge on any atom is -0.338 e. The van der Waals surface area contributed by atoms with Crippen molar-refractivity contribution in [1.29, 1.82) is 0 Å². The molecule has 0 spiro atoms.